The maximum absolute atomic E-state index is 14.3. The molecule has 3 aromatic rings. The summed E-state index contributed by atoms with van der Waals surface area (Å²) in [4.78, 5) is 30.8. The van der Waals surface area contributed by atoms with Gasteiger partial charge in [-0.2, -0.15) is 8.78 Å². The molecular weight excluding hydrogens is 531 g/mol. The number of aliphatic hydroxyl groups is 1. The number of carboxylic acid groups (broad SMARTS) is 1. The number of fused-ring (bicyclic) bond motifs is 3. The number of hydrogen-bond acceptors (Lipinski definition) is 6. The molecular formula is C28H30F3N3O6. The molecule has 40 heavy (non-hydrogen) atoms. The molecule has 1 amide bonds. The monoisotopic (exact) mass is 561 g/mol. The van der Waals surface area contributed by atoms with Crippen LogP contribution in [0.3, 0.4) is 0 Å². The van der Waals surface area contributed by atoms with Crippen LogP contribution in [0.25, 0.3) is 11.0 Å². The minimum absolute atomic E-state index is 0.0485. The van der Waals surface area contributed by atoms with Crippen LogP contribution in [-0.4, -0.2) is 51.6 Å². The van der Waals surface area contributed by atoms with Crippen LogP contribution >= 0.6 is 0 Å². The second kappa shape index (κ2) is 11.0. The first-order valence-corrected chi connectivity index (χ1v) is 13.2. The van der Waals surface area contributed by atoms with Gasteiger partial charge in [-0.3, -0.25) is 9.69 Å². The number of carbonyl (C=O) groups is 2. The predicted molar refractivity (Wildman–Crippen MR) is 138 cm³/mol. The number of carbonyl (C=O) groups excluding carboxylic acids is 1. The lowest BCUT2D eigenvalue weighted by Crippen LogP contribution is -2.42. The number of aliphatic hydroxyl groups excluding tert-OH is 1. The number of halogens is 3. The van der Waals surface area contributed by atoms with E-state index in [9.17, 15) is 33.0 Å². The summed E-state index contributed by atoms with van der Waals surface area (Å²) in [6, 6.07) is 5.89. The van der Waals surface area contributed by atoms with Crippen molar-refractivity contribution in [2.24, 2.45) is 5.92 Å². The van der Waals surface area contributed by atoms with Crippen molar-refractivity contribution < 1.29 is 42.4 Å². The fourth-order valence-electron chi connectivity index (χ4n) is 6.07. The molecule has 5 rings (SSSR count). The molecule has 2 aromatic carbocycles. The first kappa shape index (κ1) is 27.8. The van der Waals surface area contributed by atoms with Gasteiger partial charge < -0.3 is 24.3 Å². The number of hydrogen-bond donors (Lipinski definition) is 2. The number of nitrogens with zero attached hydrogens (tertiary/aromatic N) is 3. The molecule has 1 aliphatic carbocycles. The van der Waals surface area contributed by atoms with Gasteiger partial charge >= 0.3 is 18.7 Å². The van der Waals surface area contributed by atoms with E-state index in [1.165, 1.54) is 12.0 Å². The van der Waals surface area contributed by atoms with E-state index in [2.05, 4.69) is 4.74 Å². The fourth-order valence-corrected chi connectivity index (χ4v) is 6.07. The molecule has 2 heterocycles. The Morgan fingerprint density at radius 1 is 1.15 bits per heavy atom. The normalized spacial score (nSPS) is 21.8. The lowest BCUT2D eigenvalue weighted by Gasteiger charge is -2.34. The van der Waals surface area contributed by atoms with Gasteiger partial charge in [0.05, 0.1) is 29.7 Å². The molecule has 1 unspecified atom stereocenters. The summed E-state index contributed by atoms with van der Waals surface area (Å²) in [5.74, 6) is -2.65. The lowest BCUT2D eigenvalue weighted by atomic mass is 9.85. The number of aliphatic carboxylic acids is 1. The standard InChI is InChI=1S/C28H30F3N3O6/c1-14-6-8-18-20(33(14)28(38)39-2)9-10-21-23(18)32-25(34(21)17-5-3-4-15(12-17)26(36)37)24(35)19-13-16(29)7-11-22(19)40-27(30)31/h7,9-11,13-15,17,24,27,35H,3-6,8,12H2,1-2H3,(H,36,37)/t14-,15-,17?,24+/m1/s1. The molecule has 0 spiro atoms. The lowest BCUT2D eigenvalue weighted by molar-refractivity contribution is -0.143. The van der Waals surface area contributed by atoms with Crippen LogP contribution in [0.1, 0.15) is 68.1 Å². The largest absolute Gasteiger partial charge is 0.481 e. The molecule has 12 heteroatoms. The Kier molecular flexibility index (Phi) is 7.63. The van der Waals surface area contributed by atoms with Crippen LogP contribution in [-0.2, 0) is 16.0 Å². The first-order chi connectivity index (χ1) is 19.1. The number of amides is 1. The van der Waals surface area contributed by atoms with Gasteiger partial charge in [0.2, 0.25) is 0 Å². The number of rotatable bonds is 6. The van der Waals surface area contributed by atoms with Crippen molar-refractivity contribution in [3.05, 3.63) is 53.1 Å². The maximum Gasteiger partial charge on any atom is 0.414 e. The molecule has 1 fully saturated rings. The van der Waals surface area contributed by atoms with Crippen molar-refractivity contribution in [1.29, 1.82) is 0 Å². The third kappa shape index (κ3) is 4.96. The van der Waals surface area contributed by atoms with E-state index < -0.39 is 42.3 Å². The maximum atomic E-state index is 14.3. The van der Waals surface area contributed by atoms with E-state index >= 15 is 0 Å². The van der Waals surface area contributed by atoms with Gasteiger partial charge in [-0.05, 0) is 69.4 Å². The topological polar surface area (TPSA) is 114 Å². The van der Waals surface area contributed by atoms with Crippen molar-refractivity contribution in [3.63, 3.8) is 0 Å². The number of benzene rings is 2. The summed E-state index contributed by atoms with van der Waals surface area (Å²) in [5.41, 5.74) is 2.18. The zero-order valence-electron chi connectivity index (χ0n) is 22.0. The molecule has 0 bridgehead atoms. The number of anilines is 1. The van der Waals surface area contributed by atoms with Gasteiger partial charge in [0.25, 0.3) is 0 Å². The van der Waals surface area contributed by atoms with E-state index in [-0.39, 0.29) is 29.9 Å². The van der Waals surface area contributed by atoms with Crippen molar-refractivity contribution in [1.82, 2.24) is 9.55 Å². The van der Waals surface area contributed by atoms with Gasteiger partial charge in [0.15, 0.2) is 0 Å². The van der Waals surface area contributed by atoms with Crippen LogP contribution in [0.15, 0.2) is 30.3 Å². The second-order valence-corrected chi connectivity index (χ2v) is 10.3. The highest BCUT2D eigenvalue weighted by Crippen LogP contribution is 2.43. The van der Waals surface area contributed by atoms with E-state index in [1.54, 1.807) is 16.7 Å². The van der Waals surface area contributed by atoms with E-state index in [0.29, 0.717) is 48.8 Å². The molecule has 4 atom stereocenters. The van der Waals surface area contributed by atoms with Crippen LogP contribution in [0.2, 0.25) is 0 Å². The quantitative estimate of drug-likeness (QED) is 0.404. The summed E-state index contributed by atoms with van der Waals surface area (Å²) >= 11 is 0. The molecule has 0 radical (unpaired) electrons. The molecule has 1 saturated carbocycles. The van der Waals surface area contributed by atoms with Crippen molar-refractivity contribution in [3.8, 4) is 5.75 Å². The Morgan fingerprint density at radius 3 is 2.62 bits per heavy atom. The predicted octanol–water partition coefficient (Wildman–Crippen LogP) is 5.58. The number of imidazole rings is 1. The minimum Gasteiger partial charge on any atom is -0.481 e. The number of aryl methyl sites for hydroxylation is 1. The van der Waals surface area contributed by atoms with Gasteiger partial charge in [0.1, 0.15) is 23.5 Å². The molecule has 9 nitrogen and oxygen atoms in total. The summed E-state index contributed by atoms with van der Waals surface area (Å²) in [6.07, 6.45) is 0.980. The third-order valence-corrected chi connectivity index (χ3v) is 7.94. The summed E-state index contributed by atoms with van der Waals surface area (Å²) < 4.78 is 51.9. The Hall–Kier alpha value is -3.80. The Bertz CT molecular complexity index is 1440. The highest BCUT2D eigenvalue weighted by Gasteiger charge is 2.36. The highest BCUT2D eigenvalue weighted by atomic mass is 19.3. The van der Waals surface area contributed by atoms with E-state index in [4.69, 9.17) is 9.72 Å². The zero-order chi connectivity index (χ0) is 28.7. The van der Waals surface area contributed by atoms with E-state index in [0.717, 1.165) is 23.8 Å². The molecule has 1 aliphatic heterocycles. The Balaban J connectivity index is 1.71. The smallest absolute Gasteiger partial charge is 0.414 e. The van der Waals surface area contributed by atoms with Gasteiger partial charge in [-0.25, -0.2) is 14.2 Å². The highest BCUT2D eigenvalue weighted by molar-refractivity contribution is 5.95. The fraction of sp³-hybridized carbons (Fsp3) is 0.464. The average Bonchev–Trinajstić information content (AvgIpc) is 3.33. The van der Waals surface area contributed by atoms with Crippen molar-refractivity contribution in [2.75, 3.05) is 12.0 Å². The van der Waals surface area contributed by atoms with Crippen LogP contribution in [0.5, 0.6) is 5.75 Å². The van der Waals surface area contributed by atoms with Crippen LogP contribution in [0.4, 0.5) is 23.7 Å². The van der Waals surface area contributed by atoms with Crippen LogP contribution in [0, 0.1) is 11.7 Å². The van der Waals surface area contributed by atoms with E-state index in [1.807, 2.05) is 6.92 Å². The molecule has 214 valence electrons. The van der Waals surface area contributed by atoms with Gasteiger partial charge in [0, 0.05) is 23.2 Å². The molecule has 2 aliphatic rings. The summed E-state index contributed by atoms with van der Waals surface area (Å²) in [5, 5.41) is 21.3. The van der Waals surface area contributed by atoms with Crippen molar-refractivity contribution >= 4 is 28.8 Å². The molecule has 1 aromatic heterocycles. The average molecular weight is 562 g/mol. The summed E-state index contributed by atoms with van der Waals surface area (Å²) in [7, 11) is 1.30. The van der Waals surface area contributed by atoms with Gasteiger partial charge in [-0.1, -0.05) is 6.42 Å². The van der Waals surface area contributed by atoms with Crippen LogP contribution < -0.4 is 9.64 Å². The van der Waals surface area contributed by atoms with Gasteiger partial charge in [-0.15, -0.1) is 0 Å². The first-order valence-electron chi connectivity index (χ1n) is 13.2. The number of alkyl halides is 2. The minimum atomic E-state index is -3.21. The zero-order valence-corrected chi connectivity index (χ0v) is 22.0. The third-order valence-electron chi connectivity index (χ3n) is 7.94. The number of carboxylic acids is 1. The number of aromatic nitrogens is 2. The number of methoxy groups -OCH3 is 1. The Morgan fingerprint density at radius 2 is 1.93 bits per heavy atom. The van der Waals surface area contributed by atoms with Crippen molar-refractivity contribution in [2.45, 2.75) is 70.2 Å². The Labute approximate surface area is 228 Å². The molecule has 0 saturated heterocycles. The second-order valence-electron chi connectivity index (χ2n) is 10.3. The molecule has 2 N–H and O–H groups in total. The SMILES string of the molecule is COC(=O)N1c2ccc3c(nc([C@@H](O)c4cc(F)ccc4OC(F)F)n3C3CCC[C@@H](C(=O)O)C3)c2CC[C@H]1C. The summed E-state index contributed by atoms with van der Waals surface area (Å²) in [6.45, 7) is -1.30. The number of ether oxygens (including phenoxy) is 2.